The molecule has 0 unspecified atom stereocenters. The highest BCUT2D eigenvalue weighted by Crippen LogP contribution is 2.21. The fraction of sp³-hybridized carbons (Fsp3) is 0.118. The first-order valence-electron chi connectivity index (χ1n) is 7.45. The molecule has 1 N–H and O–H groups in total. The summed E-state index contributed by atoms with van der Waals surface area (Å²) in [4.78, 5) is 11.8. The molecule has 5 nitrogen and oxygen atoms in total. The molecular formula is C17H11F4N3O2. The summed E-state index contributed by atoms with van der Waals surface area (Å²) in [5, 5.41) is 9.70. The zero-order valence-electron chi connectivity index (χ0n) is 13.1. The number of carbonyl (C=O) groups is 1. The Hall–Kier alpha value is -3.23. The number of hydrogen-bond donors (Lipinski definition) is 1. The van der Waals surface area contributed by atoms with Gasteiger partial charge in [0, 0.05) is 18.4 Å². The number of nitrogens with one attached hydrogen (secondary N) is 1. The third kappa shape index (κ3) is 3.88. The van der Waals surface area contributed by atoms with Crippen LogP contribution in [0.25, 0.3) is 11.5 Å². The van der Waals surface area contributed by atoms with Gasteiger partial charge < -0.3 is 9.73 Å². The van der Waals surface area contributed by atoms with Crippen molar-refractivity contribution in [2.45, 2.75) is 12.8 Å². The first-order chi connectivity index (χ1) is 12.4. The largest absolute Gasteiger partial charge is 0.421 e. The Balaban J connectivity index is 1.60. The van der Waals surface area contributed by atoms with E-state index in [1.165, 1.54) is 24.3 Å². The molecule has 1 heterocycles. The summed E-state index contributed by atoms with van der Waals surface area (Å²) in [5.74, 6) is -5.23. The molecule has 0 saturated carbocycles. The van der Waals surface area contributed by atoms with Crippen LogP contribution < -0.4 is 5.32 Å². The van der Waals surface area contributed by atoms with E-state index in [1.807, 2.05) is 0 Å². The number of hydrogen-bond acceptors (Lipinski definition) is 4. The van der Waals surface area contributed by atoms with Gasteiger partial charge in [0.2, 0.25) is 17.7 Å². The third-order valence-corrected chi connectivity index (χ3v) is 3.43. The molecule has 3 rings (SSSR count). The highest BCUT2D eigenvalue weighted by atomic mass is 19.2. The van der Waals surface area contributed by atoms with E-state index < -0.39 is 34.9 Å². The fourth-order valence-electron chi connectivity index (χ4n) is 2.12. The molecular weight excluding hydrogens is 354 g/mol. The molecule has 0 spiro atoms. The van der Waals surface area contributed by atoms with Gasteiger partial charge in [-0.1, -0.05) is 0 Å². The van der Waals surface area contributed by atoms with Gasteiger partial charge in [0.1, 0.15) is 5.82 Å². The predicted molar refractivity (Wildman–Crippen MR) is 83.0 cm³/mol. The van der Waals surface area contributed by atoms with Gasteiger partial charge in [-0.2, -0.15) is 0 Å². The van der Waals surface area contributed by atoms with Crippen molar-refractivity contribution >= 4 is 11.6 Å². The molecule has 0 radical (unpaired) electrons. The molecule has 0 bridgehead atoms. The number of amides is 1. The lowest BCUT2D eigenvalue weighted by Crippen LogP contribution is -2.14. The van der Waals surface area contributed by atoms with E-state index in [9.17, 15) is 22.4 Å². The number of halogens is 4. The van der Waals surface area contributed by atoms with Gasteiger partial charge in [-0.25, -0.2) is 17.6 Å². The number of nitrogens with zero attached hydrogens (tertiary/aromatic N) is 2. The molecule has 134 valence electrons. The van der Waals surface area contributed by atoms with Crippen molar-refractivity contribution in [3.05, 3.63) is 65.6 Å². The van der Waals surface area contributed by atoms with Gasteiger partial charge in [0.05, 0.1) is 5.69 Å². The predicted octanol–water partition coefficient (Wildman–Crippen LogP) is 3.86. The standard InChI is InChI=1S/C17H11F4N3O2/c18-10-3-1-9(2-4-10)17-24-23-14(26-17)8-7-13(25)22-12-6-5-11(19)15(20)16(12)21/h1-6H,7-8H2,(H,22,25). The maximum atomic E-state index is 13.5. The van der Waals surface area contributed by atoms with Crippen molar-refractivity contribution in [3.8, 4) is 11.5 Å². The van der Waals surface area contributed by atoms with Gasteiger partial charge in [-0.15, -0.1) is 10.2 Å². The zero-order chi connectivity index (χ0) is 18.7. The molecule has 0 saturated heterocycles. The summed E-state index contributed by atoms with van der Waals surface area (Å²) < 4.78 is 57.7. The maximum Gasteiger partial charge on any atom is 0.247 e. The van der Waals surface area contributed by atoms with Gasteiger partial charge in [-0.05, 0) is 36.4 Å². The van der Waals surface area contributed by atoms with Crippen molar-refractivity contribution in [2.24, 2.45) is 0 Å². The van der Waals surface area contributed by atoms with E-state index >= 15 is 0 Å². The minimum atomic E-state index is -1.66. The van der Waals surface area contributed by atoms with Crippen LogP contribution in [-0.4, -0.2) is 16.1 Å². The van der Waals surface area contributed by atoms with Crippen molar-refractivity contribution < 1.29 is 26.8 Å². The van der Waals surface area contributed by atoms with E-state index in [4.69, 9.17) is 4.42 Å². The number of anilines is 1. The average Bonchev–Trinajstić information content (AvgIpc) is 3.10. The van der Waals surface area contributed by atoms with Crippen LogP contribution in [0.1, 0.15) is 12.3 Å². The SMILES string of the molecule is O=C(CCc1nnc(-c2ccc(F)cc2)o1)Nc1ccc(F)c(F)c1F. The maximum absolute atomic E-state index is 13.5. The minimum Gasteiger partial charge on any atom is -0.421 e. The lowest BCUT2D eigenvalue weighted by molar-refractivity contribution is -0.116. The van der Waals surface area contributed by atoms with E-state index in [2.05, 4.69) is 15.5 Å². The molecule has 1 amide bonds. The smallest absolute Gasteiger partial charge is 0.247 e. The number of rotatable bonds is 5. The van der Waals surface area contributed by atoms with E-state index in [0.29, 0.717) is 11.6 Å². The number of carbonyl (C=O) groups excluding carboxylic acids is 1. The van der Waals surface area contributed by atoms with Crippen LogP contribution in [0, 0.1) is 23.3 Å². The Kier molecular flexibility index (Phi) is 4.97. The summed E-state index contributed by atoms with van der Waals surface area (Å²) in [5.41, 5.74) is 0.0462. The van der Waals surface area contributed by atoms with Gasteiger partial charge in [0.25, 0.3) is 0 Å². The van der Waals surface area contributed by atoms with Crippen LogP contribution >= 0.6 is 0 Å². The molecule has 1 aromatic heterocycles. The van der Waals surface area contributed by atoms with E-state index in [0.717, 1.165) is 6.07 Å². The van der Waals surface area contributed by atoms with Crippen LogP contribution in [-0.2, 0) is 11.2 Å². The van der Waals surface area contributed by atoms with Crippen LogP contribution in [0.15, 0.2) is 40.8 Å². The molecule has 9 heteroatoms. The highest BCUT2D eigenvalue weighted by Gasteiger charge is 2.16. The fourth-order valence-corrected chi connectivity index (χ4v) is 2.12. The highest BCUT2D eigenvalue weighted by molar-refractivity contribution is 5.90. The van der Waals surface area contributed by atoms with Crippen LogP contribution in [0.3, 0.4) is 0 Å². The van der Waals surface area contributed by atoms with Gasteiger partial charge >= 0.3 is 0 Å². The lowest BCUT2D eigenvalue weighted by atomic mass is 10.2. The van der Waals surface area contributed by atoms with Crippen molar-refractivity contribution in [3.63, 3.8) is 0 Å². The summed E-state index contributed by atoms with van der Waals surface area (Å²) >= 11 is 0. The number of aromatic nitrogens is 2. The number of aryl methyl sites for hydroxylation is 1. The summed E-state index contributed by atoms with van der Waals surface area (Å²) in [6.45, 7) is 0. The molecule has 0 fully saturated rings. The van der Waals surface area contributed by atoms with Crippen molar-refractivity contribution in [1.82, 2.24) is 10.2 Å². The molecule has 26 heavy (non-hydrogen) atoms. The van der Waals surface area contributed by atoms with Crippen molar-refractivity contribution in [2.75, 3.05) is 5.32 Å². The second-order valence-electron chi connectivity index (χ2n) is 5.28. The van der Waals surface area contributed by atoms with Crippen LogP contribution in [0.4, 0.5) is 23.2 Å². The molecule has 0 aliphatic rings. The Morgan fingerprint density at radius 2 is 1.69 bits per heavy atom. The van der Waals surface area contributed by atoms with Gasteiger partial charge in [0.15, 0.2) is 17.5 Å². The van der Waals surface area contributed by atoms with Gasteiger partial charge in [-0.3, -0.25) is 4.79 Å². The van der Waals surface area contributed by atoms with Crippen molar-refractivity contribution in [1.29, 1.82) is 0 Å². The zero-order valence-corrected chi connectivity index (χ0v) is 13.1. The van der Waals surface area contributed by atoms with E-state index in [1.54, 1.807) is 0 Å². The Bertz CT molecular complexity index is 942. The summed E-state index contributed by atoms with van der Waals surface area (Å²) in [7, 11) is 0. The third-order valence-electron chi connectivity index (χ3n) is 3.43. The first-order valence-corrected chi connectivity index (χ1v) is 7.45. The lowest BCUT2D eigenvalue weighted by Gasteiger charge is -2.06. The quantitative estimate of drug-likeness (QED) is 0.551. The molecule has 3 aromatic rings. The Morgan fingerprint density at radius 3 is 2.42 bits per heavy atom. The van der Waals surface area contributed by atoms with Crippen LogP contribution in [0.5, 0.6) is 0 Å². The van der Waals surface area contributed by atoms with E-state index in [-0.39, 0.29) is 24.6 Å². The number of benzene rings is 2. The summed E-state index contributed by atoms with van der Waals surface area (Å²) in [6.07, 6.45) is -0.102. The summed E-state index contributed by atoms with van der Waals surface area (Å²) in [6, 6.07) is 7.04. The molecule has 0 atom stereocenters. The Labute approximate surface area is 144 Å². The second-order valence-corrected chi connectivity index (χ2v) is 5.28. The molecule has 0 aliphatic carbocycles. The minimum absolute atomic E-state index is 0.0469. The van der Waals surface area contributed by atoms with Crippen LogP contribution in [0.2, 0.25) is 0 Å². The monoisotopic (exact) mass is 365 g/mol. The second kappa shape index (κ2) is 7.34. The topological polar surface area (TPSA) is 68.0 Å². The Morgan fingerprint density at radius 1 is 0.962 bits per heavy atom. The molecule has 2 aromatic carbocycles. The first kappa shape index (κ1) is 17.6. The normalized spacial score (nSPS) is 10.8. The average molecular weight is 365 g/mol. The molecule has 0 aliphatic heterocycles.